The Morgan fingerprint density at radius 3 is 2.65 bits per heavy atom. The van der Waals surface area contributed by atoms with Gasteiger partial charge in [0, 0.05) is 31.0 Å². The van der Waals surface area contributed by atoms with Gasteiger partial charge in [0.25, 0.3) is 5.56 Å². The molecule has 3 heterocycles. The highest BCUT2D eigenvalue weighted by atomic mass is 32.1. The molecule has 2 aromatic heterocycles. The van der Waals surface area contributed by atoms with Gasteiger partial charge in [0.15, 0.2) is 5.13 Å². The maximum absolute atomic E-state index is 12.8. The third-order valence-electron chi connectivity index (χ3n) is 5.58. The molecule has 10 heteroatoms. The van der Waals surface area contributed by atoms with E-state index in [0.717, 1.165) is 38.6 Å². The van der Waals surface area contributed by atoms with Gasteiger partial charge in [-0.1, -0.05) is 41.7 Å². The third kappa shape index (κ3) is 4.78. The van der Waals surface area contributed by atoms with Crippen molar-refractivity contribution in [3.8, 4) is 0 Å². The number of aromatic nitrogens is 3. The molecule has 1 N–H and O–H groups in total. The van der Waals surface area contributed by atoms with E-state index in [4.69, 9.17) is 4.74 Å². The minimum absolute atomic E-state index is 0.315. The van der Waals surface area contributed by atoms with Crippen LogP contribution in [0.2, 0.25) is 0 Å². The number of anilines is 2. The van der Waals surface area contributed by atoms with Crippen LogP contribution in [0.15, 0.2) is 70.4 Å². The Labute approximate surface area is 198 Å². The smallest absolute Gasteiger partial charge is 0.331 e. The first-order chi connectivity index (χ1) is 16.6. The molecule has 0 spiro atoms. The van der Waals surface area contributed by atoms with Crippen LogP contribution in [0.5, 0.6) is 0 Å². The van der Waals surface area contributed by atoms with Crippen molar-refractivity contribution in [3.05, 3.63) is 87.2 Å². The number of carbonyl (C=O) groups excluding carboxylic acids is 1. The zero-order valence-corrected chi connectivity index (χ0v) is 19.2. The van der Waals surface area contributed by atoms with Gasteiger partial charge in [-0.05, 0) is 23.8 Å². The normalized spacial score (nSPS) is 13.8. The summed E-state index contributed by atoms with van der Waals surface area (Å²) >= 11 is 1.56. The van der Waals surface area contributed by atoms with Crippen molar-refractivity contribution in [2.75, 3.05) is 36.5 Å². The summed E-state index contributed by atoms with van der Waals surface area (Å²) in [6.07, 6.45) is 1.45. The quantitative estimate of drug-likeness (QED) is 0.457. The molecule has 2 aromatic carbocycles. The van der Waals surface area contributed by atoms with Crippen molar-refractivity contribution < 1.29 is 9.53 Å². The Morgan fingerprint density at radius 1 is 1.06 bits per heavy atom. The summed E-state index contributed by atoms with van der Waals surface area (Å²) in [5.41, 5.74) is 1.32. The van der Waals surface area contributed by atoms with E-state index in [0.29, 0.717) is 25.4 Å². The first-order valence-electron chi connectivity index (χ1n) is 10.9. The molecule has 4 aromatic rings. The second kappa shape index (κ2) is 9.62. The first-order valence-corrected chi connectivity index (χ1v) is 11.8. The van der Waals surface area contributed by atoms with Crippen molar-refractivity contribution in [2.45, 2.75) is 13.1 Å². The lowest BCUT2D eigenvalue weighted by atomic mass is 10.2. The average molecular weight is 478 g/mol. The molecule has 174 valence electrons. The van der Waals surface area contributed by atoms with Gasteiger partial charge in [0.1, 0.15) is 6.54 Å². The molecule has 5 rings (SSSR count). The standard InChI is InChI=1S/C24H23N5O4S/c30-21(16-29-22(31)8-9-28(24(29)32)15-17-4-2-1-3-5-17)25-18-6-7-19-20(14-18)34-23(26-19)27-10-12-33-13-11-27/h1-9,14H,10-13,15-16H2,(H,25,30). The van der Waals surface area contributed by atoms with E-state index in [2.05, 4.69) is 15.2 Å². The lowest BCUT2D eigenvalue weighted by Gasteiger charge is -2.25. The zero-order chi connectivity index (χ0) is 23.5. The summed E-state index contributed by atoms with van der Waals surface area (Å²) < 4.78 is 8.71. The topological polar surface area (TPSA) is 98.5 Å². The number of fused-ring (bicyclic) bond motifs is 1. The van der Waals surface area contributed by atoms with E-state index >= 15 is 0 Å². The first kappa shape index (κ1) is 22.1. The van der Waals surface area contributed by atoms with Gasteiger partial charge >= 0.3 is 5.69 Å². The fraction of sp³-hybridized carbons (Fsp3) is 0.250. The highest BCUT2D eigenvalue weighted by Crippen LogP contribution is 2.31. The Bertz CT molecular complexity index is 1440. The summed E-state index contributed by atoms with van der Waals surface area (Å²) in [6, 6.07) is 16.2. The summed E-state index contributed by atoms with van der Waals surface area (Å²) in [5, 5.41) is 3.72. The van der Waals surface area contributed by atoms with Crippen LogP contribution < -0.4 is 21.5 Å². The molecule has 0 radical (unpaired) electrons. The minimum Gasteiger partial charge on any atom is -0.378 e. The van der Waals surface area contributed by atoms with E-state index < -0.39 is 17.2 Å². The number of rotatable bonds is 6. The number of nitrogens with one attached hydrogen (secondary N) is 1. The molecule has 9 nitrogen and oxygen atoms in total. The van der Waals surface area contributed by atoms with Crippen LogP contribution >= 0.6 is 11.3 Å². The molecule has 1 aliphatic rings. The number of morpholine rings is 1. The Hall–Kier alpha value is -3.76. The molecule has 1 amide bonds. The second-order valence-corrected chi connectivity index (χ2v) is 8.97. The highest BCUT2D eigenvalue weighted by Gasteiger charge is 2.16. The monoisotopic (exact) mass is 477 g/mol. The molecule has 0 aliphatic carbocycles. The van der Waals surface area contributed by atoms with Gasteiger partial charge in [-0.3, -0.25) is 18.7 Å². The Morgan fingerprint density at radius 2 is 1.85 bits per heavy atom. The highest BCUT2D eigenvalue weighted by molar-refractivity contribution is 7.22. The van der Waals surface area contributed by atoms with Crippen molar-refractivity contribution in [3.63, 3.8) is 0 Å². The van der Waals surface area contributed by atoms with E-state index in [1.165, 1.54) is 16.8 Å². The average Bonchev–Trinajstić information content (AvgIpc) is 3.28. The van der Waals surface area contributed by atoms with Gasteiger partial charge < -0.3 is 15.0 Å². The van der Waals surface area contributed by atoms with E-state index in [1.807, 2.05) is 42.5 Å². The maximum Gasteiger partial charge on any atom is 0.331 e. The van der Waals surface area contributed by atoms with E-state index in [-0.39, 0.29) is 6.54 Å². The molecule has 0 saturated carbocycles. The number of nitrogens with zero attached hydrogens (tertiary/aromatic N) is 4. The molecular formula is C24H23N5O4S. The lowest BCUT2D eigenvalue weighted by Crippen LogP contribution is -2.41. The summed E-state index contributed by atoms with van der Waals surface area (Å²) in [7, 11) is 0. The molecule has 0 bridgehead atoms. The fourth-order valence-corrected chi connectivity index (χ4v) is 4.88. The maximum atomic E-state index is 12.8. The van der Waals surface area contributed by atoms with Gasteiger partial charge in [-0.15, -0.1) is 0 Å². The Kier molecular flexibility index (Phi) is 6.24. The molecule has 1 saturated heterocycles. The van der Waals surface area contributed by atoms with E-state index in [1.54, 1.807) is 17.4 Å². The number of thiazole rings is 1. The van der Waals surface area contributed by atoms with Crippen LogP contribution in [-0.2, 0) is 22.6 Å². The zero-order valence-electron chi connectivity index (χ0n) is 18.3. The van der Waals surface area contributed by atoms with Crippen LogP contribution in [-0.4, -0.2) is 46.3 Å². The van der Waals surface area contributed by atoms with Gasteiger partial charge in [0.05, 0.1) is 30.0 Å². The summed E-state index contributed by atoms with van der Waals surface area (Å²) in [5.74, 6) is -0.450. The predicted molar refractivity (Wildman–Crippen MR) is 132 cm³/mol. The number of hydrogen-bond acceptors (Lipinski definition) is 7. The van der Waals surface area contributed by atoms with Crippen molar-refractivity contribution >= 4 is 38.3 Å². The fourth-order valence-electron chi connectivity index (χ4n) is 3.83. The van der Waals surface area contributed by atoms with Crippen molar-refractivity contribution in [2.24, 2.45) is 0 Å². The number of hydrogen-bond donors (Lipinski definition) is 1. The van der Waals surface area contributed by atoms with Crippen LogP contribution in [0.4, 0.5) is 10.8 Å². The molecule has 1 aliphatic heterocycles. The minimum atomic E-state index is -0.528. The molecule has 0 unspecified atom stereocenters. The van der Waals surface area contributed by atoms with Gasteiger partial charge in [-0.25, -0.2) is 9.78 Å². The summed E-state index contributed by atoms with van der Waals surface area (Å²) in [4.78, 5) is 44.7. The van der Waals surface area contributed by atoms with Crippen molar-refractivity contribution in [1.82, 2.24) is 14.1 Å². The van der Waals surface area contributed by atoms with Crippen LogP contribution in [0, 0.1) is 0 Å². The SMILES string of the molecule is O=C(Cn1c(=O)ccn(Cc2ccccc2)c1=O)Nc1ccc2nc(N3CCOCC3)sc2c1. The van der Waals surface area contributed by atoms with Crippen LogP contribution in [0.3, 0.4) is 0 Å². The van der Waals surface area contributed by atoms with Gasteiger partial charge in [0.2, 0.25) is 5.91 Å². The molecule has 0 atom stereocenters. The van der Waals surface area contributed by atoms with Crippen LogP contribution in [0.1, 0.15) is 5.56 Å². The number of amides is 1. The Balaban J connectivity index is 1.31. The predicted octanol–water partition coefficient (Wildman–Crippen LogP) is 2.14. The molecule has 1 fully saturated rings. The van der Waals surface area contributed by atoms with Crippen LogP contribution in [0.25, 0.3) is 10.2 Å². The van der Waals surface area contributed by atoms with Gasteiger partial charge in [-0.2, -0.15) is 0 Å². The molecular weight excluding hydrogens is 454 g/mol. The second-order valence-electron chi connectivity index (χ2n) is 7.96. The summed E-state index contributed by atoms with van der Waals surface area (Å²) in [6.45, 7) is 2.92. The number of ether oxygens (including phenoxy) is 1. The number of benzene rings is 2. The third-order valence-corrected chi connectivity index (χ3v) is 6.66. The largest absolute Gasteiger partial charge is 0.378 e. The van der Waals surface area contributed by atoms with Crippen molar-refractivity contribution in [1.29, 1.82) is 0 Å². The van der Waals surface area contributed by atoms with E-state index in [9.17, 15) is 14.4 Å². The number of carbonyl (C=O) groups is 1. The lowest BCUT2D eigenvalue weighted by molar-refractivity contribution is -0.116. The molecule has 34 heavy (non-hydrogen) atoms.